The van der Waals surface area contributed by atoms with E-state index < -0.39 is 18.2 Å². The van der Waals surface area contributed by atoms with Crippen LogP contribution >= 0.6 is 0 Å². The molecule has 0 N–H and O–H groups in total. The number of carbonyl (C=O) groups is 1. The Bertz CT molecular complexity index is 1030. The first kappa shape index (κ1) is 22.0. The first-order valence-corrected chi connectivity index (χ1v) is 10.2. The van der Waals surface area contributed by atoms with Gasteiger partial charge in [0.15, 0.2) is 12.2 Å². The van der Waals surface area contributed by atoms with Crippen LogP contribution in [0.3, 0.4) is 0 Å². The largest absolute Gasteiger partial charge is 0.478 e. The number of aryl methyl sites for hydroxylation is 1. The summed E-state index contributed by atoms with van der Waals surface area (Å²) >= 11 is 0. The number of terminal acetylenes is 1. The molecule has 0 bridgehead atoms. The van der Waals surface area contributed by atoms with Crippen LogP contribution in [-0.2, 0) is 9.53 Å². The summed E-state index contributed by atoms with van der Waals surface area (Å²) in [6.07, 6.45) is 4.06. The summed E-state index contributed by atoms with van der Waals surface area (Å²) in [5.74, 6) is 3.87. The first-order valence-electron chi connectivity index (χ1n) is 10.2. The molecule has 158 valence electrons. The van der Waals surface area contributed by atoms with Crippen molar-refractivity contribution in [3.05, 3.63) is 90.0 Å². The molecule has 31 heavy (non-hydrogen) atoms. The Morgan fingerprint density at radius 2 is 1.55 bits per heavy atom. The Morgan fingerprint density at radius 1 is 0.871 bits per heavy atom. The Balaban J connectivity index is 1.73. The highest BCUT2D eigenvalue weighted by Gasteiger charge is 2.28. The molecule has 3 aromatic carbocycles. The zero-order valence-corrected chi connectivity index (χ0v) is 17.9. The fraction of sp³-hybridized carbons (Fsp3) is 0.222. The summed E-state index contributed by atoms with van der Waals surface area (Å²) in [6, 6.07) is 24.2. The van der Waals surface area contributed by atoms with Gasteiger partial charge in [0.25, 0.3) is 0 Å². The Hall–Kier alpha value is -3.71. The predicted molar refractivity (Wildman–Crippen MR) is 121 cm³/mol. The van der Waals surface area contributed by atoms with E-state index in [0.717, 1.165) is 5.56 Å². The van der Waals surface area contributed by atoms with Crippen molar-refractivity contribution in [2.45, 2.75) is 33.0 Å². The standard InChI is InChI=1S/C27H26O4/c1-5-25(21-10-9-13-24(18-21)29-22-11-7-6-8-12-22)31-27(28)26(19(2)3)30-23-16-14-20(4)15-17-23/h1,6-19,25-26H,2-4H3. The van der Waals surface area contributed by atoms with Crippen LogP contribution in [0.15, 0.2) is 78.9 Å². The van der Waals surface area contributed by atoms with E-state index in [-0.39, 0.29) is 5.92 Å². The van der Waals surface area contributed by atoms with E-state index in [2.05, 4.69) is 5.92 Å². The second-order valence-electron chi connectivity index (χ2n) is 7.57. The fourth-order valence-corrected chi connectivity index (χ4v) is 2.97. The lowest BCUT2D eigenvalue weighted by molar-refractivity contribution is -0.157. The number of esters is 1. The van der Waals surface area contributed by atoms with Gasteiger partial charge in [0.1, 0.15) is 17.2 Å². The van der Waals surface area contributed by atoms with Crippen molar-refractivity contribution in [1.82, 2.24) is 0 Å². The molecule has 4 heteroatoms. The number of para-hydroxylation sites is 1. The minimum Gasteiger partial charge on any atom is -0.478 e. The number of rotatable bonds is 8. The van der Waals surface area contributed by atoms with E-state index in [1.165, 1.54) is 0 Å². The van der Waals surface area contributed by atoms with Gasteiger partial charge in [0.05, 0.1) is 0 Å². The molecule has 0 heterocycles. The molecular formula is C27H26O4. The summed E-state index contributed by atoms with van der Waals surface area (Å²) in [7, 11) is 0. The van der Waals surface area contributed by atoms with E-state index >= 15 is 0 Å². The molecule has 0 saturated heterocycles. The van der Waals surface area contributed by atoms with E-state index in [0.29, 0.717) is 22.8 Å². The third-order valence-corrected chi connectivity index (χ3v) is 4.65. The fourth-order valence-electron chi connectivity index (χ4n) is 2.97. The molecular weight excluding hydrogens is 388 g/mol. The number of benzene rings is 3. The molecule has 4 nitrogen and oxygen atoms in total. The molecule has 3 rings (SSSR count). The highest BCUT2D eigenvalue weighted by molar-refractivity contribution is 5.76. The number of carbonyl (C=O) groups excluding carboxylic acids is 1. The van der Waals surface area contributed by atoms with E-state index in [1.807, 2.05) is 87.5 Å². The Kier molecular flexibility index (Phi) is 7.35. The second-order valence-corrected chi connectivity index (χ2v) is 7.57. The summed E-state index contributed by atoms with van der Waals surface area (Å²) in [6.45, 7) is 5.80. The molecule has 0 amide bonds. The van der Waals surface area contributed by atoms with Gasteiger partial charge >= 0.3 is 5.97 Å². The molecule has 0 radical (unpaired) electrons. The number of hydrogen-bond donors (Lipinski definition) is 0. The second kappa shape index (κ2) is 10.4. The highest BCUT2D eigenvalue weighted by atomic mass is 16.6. The maximum Gasteiger partial charge on any atom is 0.349 e. The van der Waals surface area contributed by atoms with Gasteiger partial charge in [0, 0.05) is 11.5 Å². The molecule has 0 spiro atoms. The van der Waals surface area contributed by atoms with Gasteiger partial charge < -0.3 is 14.2 Å². The molecule has 0 saturated carbocycles. The lowest BCUT2D eigenvalue weighted by Crippen LogP contribution is -2.35. The van der Waals surface area contributed by atoms with Crippen LogP contribution in [0.2, 0.25) is 0 Å². The van der Waals surface area contributed by atoms with Gasteiger partial charge in [-0.05, 0) is 43.3 Å². The van der Waals surface area contributed by atoms with Gasteiger partial charge in [-0.15, -0.1) is 6.42 Å². The van der Waals surface area contributed by atoms with Crippen molar-refractivity contribution < 1.29 is 19.0 Å². The molecule has 2 atom stereocenters. The van der Waals surface area contributed by atoms with Crippen molar-refractivity contribution in [2.24, 2.45) is 5.92 Å². The van der Waals surface area contributed by atoms with Crippen molar-refractivity contribution in [2.75, 3.05) is 0 Å². The minimum atomic E-state index is -0.852. The first-order chi connectivity index (χ1) is 15.0. The van der Waals surface area contributed by atoms with Gasteiger partial charge in [-0.25, -0.2) is 4.79 Å². The molecule has 0 aliphatic heterocycles. The Labute approximate surface area is 183 Å². The molecule has 0 aliphatic rings. The zero-order chi connectivity index (χ0) is 22.2. The molecule has 3 aromatic rings. The van der Waals surface area contributed by atoms with Gasteiger partial charge in [-0.2, -0.15) is 0 Å². The van der Waals surface area contributed by atoms with Crippen molar-refractivity contribution in [3.63, 3.8) is 0 Å². The van der Waals surface area contributed by atoms with Crippen LogP contribution in [0.4, 0.5) is 0 Å². The SMILES string of the molecule is C#CC(OC(=O)C(Oc1ccc(C)cc1)C(C)C)c1cccc(Oc2ccccc2)c1. The molecule has 0 fully saturated rings. The predicted octanol–water partition coefficient (Wildman–Crippen LogP) is 6.11. The average molecular weight is 415 g/mol. The van der Waals surface area contributed by atoms with Crippen LogP contribution in [0.1, 0.15) is 31.1 Å². The number of hydrogen-bond acceptors (Lipinski definition) is 4. The number of ether oxygens (including phenoxy) is 3. The Morgan fingerprint density at radius 3 is 2.19 bits per heavy atom. The summed E-state index contributed by atoms with van der Waals surface area (Å²) in [5.41, 5.74) is 1.77. The monoisotopic (exact) mass is 414 g/mol. The van der Waals surface area contributed by atoms with E-state index in [1.54, 1.807) is 12.1 Å². The normalized spacial score (nSPS) is 12.5. The van der Waals surface area contributed by atoms with Gasteiger partial charge in [0.2, 0.25) is 0 Å². The maximum absolute atomic E-state index is 12.9. The summed E-state index contributed by atoms with van der Waals surface area (Å²) in [4.78, 5) is 12.9. The lowest BCUT2D eigenvalue weighted by atomic mass is 10.1. The van der Waals surface area contributed by atoms with E-state index in [9.17, 15) is 4.79 Å². The lowest BCUT2D eigenvalue weighted by Gasteiger charge is -2.23. The van der Waals surface area contributed by atoms with Gasteiger partial charge in [-0.3, -0.25) is 0 Å². The molecule has 2 unspecified atom stereocenters. The third kappa shape index (κ3) is 6.13. The van der Waals surface area contributed by atoms with Gasteiger partial charge in [-0.1, -0.05) is 67.8 Å². The summed E-state index contributed by atoms with van der Waals surface area (Å²) < 4.78 is 17.4. The maximum atomic E-state index is 12.9. The van der Waals surface area contributed by atoms with Crippen LogP contribution in [0.5, 0.6) is 17.2 Å². The van der Waals surface area contributed by atoms with Crippen LogP contribution in [-0.4, -0.2) is 12.1 Å². The molecule has 0 aromatic heterocycles. The van der Waals surface area contributed by atoms with Crippen molar-refractivity contribution in [3.8, 4) is 29.6 Å². The average Bonchev–Trinajstić information content (AvgIpc) is 2.77. The minimum absolute atomic E-state index is 0.0972. The topological polar surface area (TPSA) is 44.8 Å². The van der Waals surface area contributed by atoms with Crippen LogP contribution in [0, 0.1) is 25.2 Å². The van der Waals surface area contributed by atoms with Crippen molar-refractivity contribution in [1.29, 1.82) is 0 Å². The summed E-state index contributed by atoms with van der Waals surface area (Å²) in [5, 5.41) is 0. The van der Waals surface area contributed by atoms with Crippen molar-refractivity contribution >= 4 is 5.97 Å². The molecule has 0 aliphatic carbocycles. The smallest absolute Gasteiger partial charge is 0.349 e. The quantitative estimate of drug-likeness (QED) is 0.330. The van der Waals surface area contributed by atoms with E-state index in [4.69, 9.17) is 20.6 Å². The van der Waals surface area contributed by atoms with Crippen LogP contribution < -0.4 is 9.47 Å². The highest BCUT2D eigenvalue weighted by Crippen LogP contribution is 2.27. The third-order valence-electron chi connectivity index (χ3n) is 4.65. The van der Waals surface area contributed by atoms with Crippen LogP contribution in [0.25, 0.3) is 0 Å². The zero-order valence-electron chi connectivity index (χ0n) is 17.9.